The minimum atomic E-state index is -0.257. The highest BCUT2D eigenvalue weighted by atomic mass is 19.1. The largest absolute Gasteiger partial charge is 0.350 e. The van der Waals surface area contributed by atoms with E-state index in [0.717, 1.165) is 25.9 Å². The lowest BCUT2D eigenvalue weighted by atomic mass is 9.94. The first-order valence-corrected chi connectivity index (χ1v) is 7.24. The SMILES string of the molecule is Cc1ncnc(N2CCCCC2C2CCCN2)c1F. The maximum Gasteiger partial charge on any atom is 0.186 e. The van der Waals surface area contributed by atoms with Crippen LogP contribution in [0.25, 0.3) is 0 Å². The molecule has 2 atom stereocenters. The molecule has 19 heavy (non-hydrogen) atoms. The summed E-state index contributed by atoms with van der Waals surface area (Å²) in [5, 5.41) is 3.55. The standard InChI is InChI=1S/C14H21FN4/c1-10-13(15)14(18-9-17-10)19-8-3-2-6-12(19)11-5-4-7-16-11/h9,11-12,16H,2-8H2,1H3. The predicted octanol–water partition coefficient (Wildman–Crippen LogP) is 2.04. The van der Waals surface area contributed by atoms with Crippen molar-refractivity contribution >= 4 is 5.82 Å². The molecule has 0 radical (unpaired) electrons. The van der Waals surface area contributed by atoms with Crippen LogP contribution in [0.1, 0.15) is 37.8 Å². The predicted molar refractivity (Wildman–Crippen MR) is 72.7 cm³/mol. The molecule has 0 amide bonds. The van der Waals surface area contributed by atoms with E-state index in [1.54, 1.807) is 6.92 Å². The van der Waals surface area contributed by atoms with E-state index in [2.05, 4.69) is 20.2 Å². The second-order valence-corrected chi connectivity index (χ2v) is 5.56. The zero-order chi connectivity index (χ0) is 13.2. The highest BCUT2D eigenvalue weighted by molar-refractivity contribution is 5.43. The highest BCUT2D eigenvalue weighted by Crippen LogP contribution is 2.29. The Labute approximate surface area is 113 Å². The average Bonchev–Trinajstić information content (AvgIpc) is 2.96. The van der Waals surface area contributed by atoms with E-state index in [9.17, 15) is 4.39 Å². The van der Waals surface area contributed by atoms with Gasteiger partial charge in [0, 0.05) is 18.6 Å². The monoisotopic (exact) mass is 264 g/mol. The van der Waals surface area contributed by atoms with Crippen LogP contribution >= 0.6 is 0 Å². The zero-order valence-corrected chi connectivity index (χ0v) is 11.4. The number of aryl methyl sites for hydroxylation is 1. The first-order valence-electron chi connectivity index (χ1n) is 7.24. The molecule has 0 aromatic carbocycles. The van der Waals surface area contributed by atoms with Crippen molar-refractivity contribution in [3.63, 3.8) is 0 Å². The topological polar surface area (TPSA) is 41.1 Å². The van der Waals surface area contributed by atoms with Gasteiger partial charge in [-0.2, -0.15) is 0 Å². The Bertz CT molecular complexity index is 445. The molecule has 0 saturated carbocycles. The lowest BCUT2D eigenvalue weighted by Crippen LogP contribution is -2.51. The van der Waals surface area contributed by atoms with Gasteiger partial charge in [0.25, 0.3) is 0 Å². The molecule has 3 rings (SSSR count). The summed E-state index contributed by atoms with van der Waals surface area (Å²) < 4.78 is 14.3. The van der Waals surface area contributed by atoms with Crippen molar-refractivity contribution in [1.29, 1.82) is 0 Å². The maximum absolute atomic E-state index is 14.3. The molecule has 0 bridgehead atoms. The van der Waals surface area contributed by atoms with Crippen LogP contribution in [0.4, 0.5) is 10.2 Å². The van der Waals surface area contributed by atoms with Gasteiger partial charge in [0.15, 0.2) is 11.6 Å². The normalized spacial score (nSPS) is 27.8. The molecule has 1 aromatic heterocycles. The van der Waals surface area contributed by atoms with Crippen LogP contribution in [-0.2, 0) is 0 Å². The minimum Gasteiger partial charge on any atom is -0.350 e. The van der Waals surface area contributed by atoms with Crippen molar-refractivity contribution in [1.82, 2.24) is 15.3 Å². The van der Waals surface area contributed by atoms with Crippen LogP contribution < -0.4 is 10.2 Å². The second-order valence-electron chi connectivity index (χ2n) is 5.56. The third-order valence-corrected chi connectivity index (χ3v) is 4.33. The van der Waals surface area contributed by atoms with Gasteiger partial charge >= 0.3 is 0 Å². The number of hydrogen-bond donors (Lipinski definition) is 1. The van der Waals surface area contributed by atoms with Crippen molar-refractivity contribution in [3.8, 4) is 0 Å². The second kappa shape index (κ2) is 5.41. The number of halogens is 1. The first-order chi connectivity index (χ1) is 9.27. The van der Waals surface area contributed by atoms with Gasteiger partial charge in [-0.15, -0.1) is 0 Å². The molecule has 104 valence electrons. The van der Waals surface area contributed by atoms with E-state index >= 15 is 0 Å². The van der Waals surface area contributed by atoms with Gasteiger partial charge in [0.2, 0.25) is 0 Å². The molecule has 3 heterocycles. The van der Waals surface area contributed by atoms with Crippen LogP contribution in [0.3, 0.4) is 0 Å². The Kier molecular flexibility index (Phi) is 3.64. The van der Waals surface area contributed by atoms with E-state index in [0.29, 0.717) is 23.6 Å². The summed E-state index contributed by atoms with van der Waals surface area (Å²) in [4.78, 5) is 10.3. The highest BCUT2D eigenvalue weighted by Gasteiger charge is 2.33. The van der Waals surface area contributed by atoms with Gasteiger partial charge in [-0.3, -0.25) is 0 Å². The van der Waals surface area contributed by atoms with Gasteiger partial charge in [-0.25, -0.2) is 14.4 Å². The molecule has 2 saturated heterocycles. The summed E-state index contributed by atoms with van der Waals surface area (Å²) >= 11 is 0. The number of nitrogens with one attached hydrogen (secondary N) is 1. The number of piperidine rings is 1. The molecular weight excluding hydrogens is 243 g/mol. The summed E-state index contributed by atoms with van der Waals surface area (Å²) in [6.45, 7) is 3.68. The molecule has 5 heteroatoms. The number of aromatic nitrogens is 2. The summed E-state index contributed by atoms with van der Waals surface area (Å²) in [7, 11) is 0. The van der Waals surface area contributed by atoms with Crippen molar-refractivity contribution in [2.24, 2.45) is 0 Å². The van der Waals surface area contributed by atoms with E-state index < -0.39 is 0 Å². The number of anilines is 1. The van der Waals surface area contributed by atoms with Gasteiger partial charge in [0.1, 0.15) is 6.33 Å². The first kappa shape index (κ1) is 12.8. The molecule has 4 nitrogen and oxygen atoms in total. The fourth-order valence-corrected chi connectivity index (χ4v) is 3.32. The lowest BCUT2D eigenvalue weighted by molar-refractivity contribution is 0.371. The minimum absolute atomic E-state index is 0.257. The fraction of sp³-hybridized carbons (Fsp3) is 0.714. The molecule has 2 aliphatic rings. The van der Waals surface area contributed by atoms with Crippen LogP contribution in [0.15, 0.2) is 6.33 Å². The average molecular weight is 264 g/mol. The van der Waals surface area contributed by atoms with Crippen molar-refractivity contribution in [2.75, 3.05) is 18.0 Å². The Morgan fingerprint density at radius 3 is 2.95 bits per heavy atom. The van der Waals surface area contributed by atoms with Crippen LogP contribution in [0.2, 0.25) is 0 Å². The number of nitrogens with zero attached hydrogens (tertiary/aromatic N) is 3. The molecule has 1 N–H and O–H groups in total. The fourth-order valence-electron chi connectivity index (χ4n) is 3.32. The Hall–Kier alpha value is -1.23. The molecule has 0 aliphatic carbocycles. The van der Waals surface area contributed by atoms with E-state index in [4.69, 9.17) is 0 Å². The number of hydrogen-bond acceptors (Lipinski definition) is 4. The summed E-state index contributed by atoms with van der Waals surface area (Å²) in [5.41, 5.74) is 0.439. The molecule has 0 spiro atoms. The van der Waals surface area contributed by atoms with Gasteiger partial charge in [-0.05, 0) is 45.6 Å². The van der Waals surface area contributed by atoms with Crippen LogP contribution in [0.5, 0.6) is 0 Å². The van der Waals surface area contributed by atoms with Crippen LogP contribution in [0, 0.1) is 12.7 Å². The summed E-state index contributed by atoms with van der Waals surface area (Å²) in [6.07, 6.45) is 7.35. The van der Waals surface area contributed by atoms with E-state index in [1.807, 2.05) is 0 Å². The zero-order valence-electron chi connectivity index (χ0n) is 11.4. The quantitative estimate of drug-likeness (QED) is 0.887. The van der Waals surface area contributed by atoms with E-state index in [-0.39, 0.29) is 5.82 Å². The smallest absolute Gasteiger partial charge is 0.186 e. The lowest BCUT2D eigenvalue weighted by Gasteiger charge is -2.40. The van der Waals surface area contributed by atoms with Gasteiger partial charge < -0.3 is 10.2 Å². The number of rotatable bonds is 2. The van der Waals surface area contributed by atoms with E-state index in [1.165, 1.54) is 25.6 Å². The van der Waals surface area contributed by atoms with Gasteiger partial charge in [0.05, 0.1) is 5.69 Å². The third kappa shape index (κ3) is 2.43. The van der Waals surface area contributed by atoms with Crippen LogP contribution in [-0.4, -0.2) is 35.1 Å². The molecule has 2 aliphatic heterocycles. The molecule has 2 fully saturated rings. The molecule has 2 unspecified atom stereocenters. The molecular formula is C14H21FN4. The maximum atomic E-state index is 14.3. The van der Waals surface area contributed by atoms with Gasteiger partial charge in [-0.1, -0.05) is 0 Å². The summed E-state index contributed by atoms with van der Waals surface area (Å²) in [5.74, 6) is 0.235. The van der Waals surface area contributed by atoms with Crippen molar-refractivity contribution in [2.45, 2.75) is 51.1 Å². The Morgan fingerprint density at radius 2 is 2.16 bits per heavy atom. The summed E-state index contributed by atoms with van der Waals surface area (Å²) in [6, 6.07) is 0.857. The van der Waals surface area contributed by atoms with Crippen molar-refractivity contribution in [3.05, 3.63) is 17.8 Å². The van der Waals surface area contributed by atoms with Crippen molar-refractivity contribution < 1.29 is 4.39 Å². The Balaban J connectivity index is 1.89. The molecule has 1 aromatic rings. The third-order valence-electron chi connectivity index (χ3n) is 4.33. The Morgan fingerprint density at radius 1 is 1.26 bits per heavy atom.